The summed E-state index contributed by atoms with van der Waals surface area (Å²) in [6.07, 6.45) is 4.03. The van der Waals surface area contributed by atoms with Gasteiger partial charge in [-0.25, -0.2) is 0 Å². The lowest BCUT2D eigenvalue weighted by Gasteiger charge is -2.21. The molecule has 19 heavy (non-hydrogen) atoms. The fourth-order valence-corrected chi connectivity index (χ4v) is 2.11. The van der Waals surface area contributed by atoms with E-state index in [1.807, 2.05) is 24.3 Å². The summed E-state index contributed by atoms with van der Waals surface area (Å²) in [5.74, 6) is 7.16. The van der Waals surface area contributed by atoms with E-state index in [4.69, 9.17) is 19.7 Å². The molecule has 2 aromatic rings. The smallest absolute Gasteiger partial charge is 0.127 e. The van der Waals surface area contributed by atoms with Crippen LogP contribution in [0.5, 0.6) is 11.5 Å². The Kier molecular flexibility index (Phi) is 4.43. The molecule has 0 aliphatic carbocycles. The van der Waals surface area contributed by atoms with Gasteiger partial charge in [-0.15, -0.1) is 0 Å². The van der Waals surface area contributed by atoms with E-state index >= 15 is 0 Å². The Balaban J connectivity index is 2.36. The highest BCUT2D eigenvalue weighted by Crippen LogP contribution is 2.35. The van der Waals surface area contributed by atoms with Gasteiger partial charge >= 0.3 is 0 Å². The van der Waals surface area contributed by atoms with Crippen molar-refractivity contribution in [3.63, 3.8) is 0 Å². The van der Waals surface area contributed by atoms with Crippen molar-refractivity contribution in [2.75, 3.05) is 14.2 Å². The van der Waals surface area contributed by atoms with Crippen LogP contribution in [0, 0.1) is 0 Å². The van der Waals surface area contributed by atoms with Crippen molar-refractivity contribution in [2.24, 2.45) is 5.84 Å². The minimum atomic E-state index is -0.122. The summed E-state index contributed by atoms with van der Waals surface area (Å²) in [4.78, 5) is 0. The van der Waals surface area contributed by atoms with E-state index in [0.29, 0.717) is 6.42 Å². The minimum Gasteiger partial charge on any atom is -0.496 e. The van der Waals surface area contributed by atoms with Gasteiger partial charge in [0.05, 0.1) is 38.4 Å². The van der Waals surface area contributed by atoms with E-state index in [0.717, 1.165) is 22.6 Å². The lowest BCUT2D eigenvalue weighted by molar-refractivity contribution is 0.370. The largest absolute Gasteiger partial charge is 0.496 e. The van der Waals surface area contributed by atoms with Crippen LogP contribution in [-0.4, -0.2) is 14.2 Å². The third-order valence-corrected chi connectivity index (χ3v) is 3.04. The van der Waals surface area contributed by atoms with Crippen molar-refractivity contribution in [1.82, 2.24) is 5.43 Å². The molecule has 0 aliphatic rings. The van der Waals surface area contributed by atoms with Gasteiger partial charge < -0.3 is 13.9 Å². The van der Waals surface area contributed by atoms with E-state index in [1.165, 1.54) is 0 Å². The lowest BCUT2D eigenvalue weighted by Crippen LogP contribution is -2.30. The van der Waals surface area contributed by atoms with Crippen molar-refractivity contribution in [2.45, 2.75) is 12.5 Å². The summed E-state index contributed by atoms with van der Waals surface area (Å²) in [5, 5.41) is 0. The fourth-order valence-electron chi connectivity index (χ4n) is 2.11. The van der Waals surface area contributed by atoms with Gasteiger partial charge in [0.2, 0.25) is 0 Å². The number of methoxy groups -OCH3 is 2. The van der Waals surface area contributed by atoms with Crippen molar-refractivity contribution in [3.05, 3.63) is 47.9 Å². The summed E-state index contributed by atoms with van der Waals surface area (Å²) in [6.45, 7) is 0. The van der Waals surface area contributed by atoms with Crippen LogP contribution in [0.3, 0.4) is 0 Å². The van der Waals surface area contributed by atoms with Crippen LogP contribution in [-0.2, 0) is 6.42 Å². The van der Waals surface area contributed by atoms with E-state index in [-0.39, 0.29) is 6.04 Å². The first-order valence-corrected chi connectivity index (χ1v) is 5.98. The van der Waals surface area contributed by atoms with E-state index in [2.05, 4.69) is 5.43 Å². The molecule has 0 saturated heterocycles. The van der Waals surface area contributed by atoms with Gasteiger partial charge in [-0.2, -0.15) is 0 Å². The maximum atomic E-state index is 5.68. The second-order valence-corrected chi connectivity index (χ2v) is 4.13. The first kappa shape index (κ1) is 13.5. The summed E-state index contributed by atoms with van der Waals surface area (Å²) < 4.78 is 15.9. The Bertz CT molecular complexity index is 489. The molecular weight excluding hydrogens is 244 g/mol. The van der Waals surface area contributed by atoms with Gasteiger partial charge in [-0.1, -0.05) is 6.07 Å². The highest BCUT2D eigenvalue weighted by atomic mass is 16.5. The molecule has 0 spiro atoms. The maximum Gasteiger partial charge on any atom is 0.127 e. The summed E-state index contributed by atoms with van der Waals surface area (Å²) in [7, 11) is 3.26. The number of nitrogens with one attached hydrogen (secondary N) is 1. The molecule has 5 heteroatoms. The number of hydrogen-bond donors (Lipinski definition) is 2. The zero-order valence-corrected chi connectivity index (χ0v) is 11.1. The minimum absolute atomic E-state index is 0.122. The van der Waals surface area contributed by atoms with Crippen molar-refractivity contribution in [1.29, 1.82) is 0 Å². The molecule has 1 aromatic carbocycles. The molecule has 102 valence electrons. The zero-order valence-electron chi connectivity index (χ0n) is 11.1. The van der Waals surface area contributed by atoms with Gasteiger partial charge in [-0.05, 0) is 30.2 Å². The topological polar surface area (TPSA) is 69.7 Å². The molecule has 0 bridgehead atoms. The first-order valence-electron chi connectivity index (χ1n) is 5.98. The Hall–Kier alpha value is -1.98. The van der Waals surface area contributed by atoms with Gasteiger partial charge in [0.25, 0.3) is 0 Å². The lowest BCUT2D eigenvalue weighted by atomic mass is 9.99. The third-order valence-electron chi connectivity index (χ3n) is 3.04. The number of hydrazine groups is 1. The second-order valence-electron chi connectivity index (χ2n) is 4.13. The Morgan fingerprint density at radius 3 is 2.37 bits per heavy atom. The van der Waals surface area contributed by atoms with E-state index in [1.54, 1.807) is 26.7 Å². The van der Waals surface area contributed by atoms with Crippen molar-refractivity contribution in [3.8, 4) is 11.5 Å². The zero-order chi connectivity index (χ0) is 13.7. The van der Waals surface area contributed by atoms with Gasteiger partial charge in [-0.3, -0.25) is 11.3 Å². The molecule has 1 aromatic heterocycles. The summed E-state index contributed by atoms with van der Waals surface area (Å²) in [6, 6.07) is 7.44. The molecule has 1 unspecified atom stereocenters. The predicted octanol–water partition coefficient (Wildman–Crippen LogP) is 2.04. The van der Waals surface area contributed by atoms with Crippen LogP contribution in [0.15, 0.2) is 41.2 Å². The monoisotopic (exact) mass is 262 g/mol. The van der Waals surface area contributed by atoms with Crippen molar-refractivity contribution < 1.29 is 13.9 Å². The van der Waals surface area contributed by atoms with Crippen LogP contribution in [0.25, 0.3) is 0 Å². The molecule has 2 rings (SSSR count). The van der Waals surface area contributed by atoms with Crippen LogP contribution in [0.1, 0.15) is 17.2 Å². The van der Waals surface area contributed by atoms with E-state index < -0.39 is 0 Å². The molecule has 5 nitrogen and oxygen atoms in total. The summed E-state index contributed by atoms with van der Waals surface area (Å²) in [5.41, 5.74) is 4.76. The highest BCUT2D eigenvalue weighted by Gasteiger charge is 2.20. The second kappa shape index (κ2) is 6.26. The number of benzene rings is 1. The van der Waals surface area contributed by atoms with Crippen LogP contribution < -0.4 is 20.7 Å². The average Bonchev–Trinajstić information content (AvgIpc) is 2.97. The van der Waals surface area contributed by atoms with Gasteiger partial charge in [0.15, 0.2) is 0 Å². The standard InChI is InChI=1S/C14H18N2O3/c1-17-12-4-3-5-13(18-2)14(12)11(16-15)8-10-6-7-19-9-10/h3-7,9,11,16H,8,15H2,1-2H3. The molecule has 0 fully saturated rings. The van der Waals surface area contributed by atoms with Crippen LogP contribution >= 0.6 is 0 Å². The normalized spacial score (nSPS) is 12.2. The predicted molar refractivity (Wildman–Crippen MR) is 72.0 cm³/mol. The molecule has 0 amide bonds. The molecule has 3 N–H and O–H groups in total. The van der Waals surface area contributed by atoms with Crippen molar-refractivity contribution >= 4 is 0 Å². The molecular formula is C14H18N2O3. The number of furan rings is 1. The Morgan fingerprint density at radius 2 is 1.89 bits per heavy atom. The summed E-state index contributed by atoms with van der Waals surface area (Å²) >= 11 is 0. The fraction of sp³-hybridized carbons (Fsp3) is 0.286. The van der Waals surface area contributed by atoms with Crippen LogP contribution in [0.4, 0.5) is 0 Å². The molecule has 0 radical (unpaired) electrons. The Labute approximate surface area is 112 Å². The molecule has 1 heterocycles. The van der Waals surface area contributed by atoms with Gasteiger partial charge in [0.1, 0.15) is 11.5 Å². The maximum absolute atomic E-state index is 5.68. The number of nitrogens with two attached hydrogens (primary N) is 1. The number of rotatable bonds is 6. The van der Waals surface area contributed by atoms with E-state index in [9.17, 15) is 0 Å². The molecule has 1 atom stereocenters. The first-order chi connectivity index (χ1) is 9.30. The third kappa shape index (κ3) is 2.89. The van der Waals surface area contributed by atoms with Gasteiger partial charge in [0, 0.05) is 0 Å². The quantitative estimate of drug-likeness (QED) is 0.616. The van der Waals surface area contributed by atoms with Crippen LogP contribution in [0.2, 0.25) is 0 Å². The average molecular weight is 262 g/mol. The molecule has 0 aliphatic heterocycles. The number of ether oxygens (including phenoxy) is 2. The Morgan fingerprint density at radius 1 is 1.21 bits per heavy atom. The molecule has 0 saturated carbocycles. The number of hydrogen-bond acceptors (Lipinski definition) is 5. The SMILES string of the molecule is COc1cccc(OC)c1C(Cc1ccoc1)NN. The highest BCUT2D eigenvalue weighted by molar-refractivity contribution is 5.47.